The van der Waals surface area contributed by atoms with Crippen molar-refractivity contribution in [1.29, 1.82) is 0 Å². The number of rotatable bonds is 7. The molecule has 0 aliphatic rings. The van der Waals surface area contributed by atoms with Crippen molar-refractivity contribution in [1.82, 2.24) is 15.0 Å². The van der Waals surface area contributed by atoms with Crippen molar-refractivity contribution in [3.8, 4) is 16.5 Å². The van der Waals surface area contributed by atoms with Crippen molar-refractivity contribution >= 4 is 17.2 Å². The maximum Gasteiger partial charge on any atom is 0.263 e. The summed E-state index contributed by atoms with van der Waals surface area (Å²) in [6.45, 7) is 8.22. The molecule has 0 spiro atoms. The Balaban J connectivity index is 1.66. The van der Waals surface area contributed by atoms with E-state index >= 15 is 0 Å². The first-order chi connectivity index (χ1) is 13.3. The van der Waals surface area contributed by atoms with Gasteiger partial charge in [0.25, 0.3) is 5.91 Å². The lowest BCUT2D eigenvalue weighted by atomic mass is 10.0. The minimum Gasteiger partial charge on any atom is -0.481 e. The quantitative estimate of drug-likeness (QED) is 0.578. The number of nitrogens with zero attached hydrogens (tertiary/aromatic N) is 3. The van der Waals surface area contributed by atoms with E-state index in [1.165, 1.54) is 11.3 Å². The van der Waals surface area contributed by atoms with E-state index in [1.54, 1.807) is 18.9 Å². The Morgan fingerprint density at radius 1 is 1.29 bits per heavy atom. The van der Waals surface area contributed by atoms with E-state index in [0.29, 0.717) is 17.6 Å². The van der Waals surface area contributed by atoms with Crippen LogP contribution in [0.2, 0.25) is 0 Å². The third kappa shape index (κ3) is 4.59. The summed E-state index contributed by atoms with van der Waals surface area (Å²) in [4.78, 5) is 19.6. The summed E-state index contributed by atoms with van der Waals surface area (Å²) in [5.41, 5.74) is 2.18. The van der Waals surface area contributed by atoms with Crippen molar-refractivity contribution in [2.24, 2.45) is 0 Å². The Bertz CT molecular complexity index is 934. The molecule has 3 aromatic rings. The molecule has 3 rings (SSSR count). The highest BCUT2D eigenvalue weighted by molar-refractivity contribution is 7.13. The predicted octanol–water partition coefficient (Wildman–Crippen LogP) is 4.66. The van der Waals surface area contributed by atoms with Crippen LogP contribution in [-0.2, 0) is 11.3 Å². The molecule has 28 heavy (non-hydrogen) atoms. The van der Waals surface area contributed by atoms with Gasteiger partial charge in [0.05, 0.1) is 11.4 Å². The van der Waals surface area contributed by atoms with Gasteiger partial charge in [0, 0.05) is 7.05 Å². The van der Waals surface area contributed by atoms with Crippen LogP contribution in [0.1, 0.15) is 43.7 Å². The Morgan fingerprint density at radius 2 is 2.07 bits per heavy atom. The van der Waals surface area contributed by atoms with Crippen LogP contribution in [0.25, 0.3) is 10.7 Å². The monoisotopic (exact) mass is 399 g/mol. The first-order valence-corrected chi connectivity index (χ1v) is 10.1. The number of carbonyl (C=O) groups excluding carboxylic acids is 1. The third-order valence-electron chi connectivity index (χ3n) is 4.40. The molecule has 0 unspecified atom stereocenters. The zero-order valence-corrected chi connectivity index (χ0v) is 17.6. The van der Waals surface area contributed by atoms with Crippen molar-refractivity contribution in [2.75, 3.05) is 7.05 Å². The summed E-state index contributed by atoms with van der Waals surface area (Å²) >= 11 is 1.54. The van der Waals surface area contributed by atoms with Crippen LogP contribution in [-0.4, -0.2) is 34.1 Å². The molecular formula is C21H25N3O3S. The SMILES string of the molecule is Cc1ccc(C(C)C)c(O[C@H](C)C(=O)N(C)Cc2nc(-c3cccs3)no2)c1. The highest BCUT2D eigenvalue weighted by Gasteiger charge is 2.23. The van der Waals surface area contributed by atoms with E-state index in [4.69, 9.17) is 9.26 Å². The van der Waals surface area contributed by atoms with E-state index in [0.717, 1.165) is 21.8 Å². The third-order valence-corrected chi connectivity index (χ3v) is 5.27. The summed E-state index contributed by atoms with van der Waals surface area (Å²) in [7, 11) is 1.71. The molecule has 6 nitrogen and oxygen atoms in total. The van der Waals surface area contributed by atoms with Gasteiger partial charge < -0.3 is 14.2 Å². The summed E-state index contributed by atoms with van der Waals surface area (Å²) in [5, 5.41) is 5.93. The van der Waals surface area contributed by atoms with Gasteiger partial charge >= 0.3 is 0 Å². The molecule has 0 N–H and O–H groups in total. The normalized spacial score (nSPS) is 12.2. The number of aromatic nitrogens is 2. The Labute approximate surface area is 169 Å². The van der Waals surface area contributed by atoms with E-state index in [1.807, 2.05) is 30.5 Å². The predicted molar refractivity (Wildman–Crippen MR) is 109 cm³/mol. The van der Waals surface area contributed by atoms with Crippen molar-refractivity contribution in [3.63, 3.8) is 0 Å². The number of hydrogen-bond acceptors (Lipinski definition) is 6. The number of likely N-dealkylation sites (N-methyl/N-ethyl adjacent to an activating group) is 1. The van der Waals surface area contributed by atoms with Gasteiger partial charge in [0.15, 0.2) is 6.10 Å². The number of hydrogen-bond donors (Lipinski definition) is 0. The Kier molecular flexibility index (Phi) is 6.14. The second kappa shape index (κ2) is 8.56. The molecule has 2 heterocycles. The molecule has 2 aromatic heterocycles. The first kappa shape index (κ1) is 20.1. The van der Waals surface area contributed by atoms with Crippen LogP contribution in [0.5, 0.6) is 5.75 Å². The minimum atomic E-state index is -0.621. The molecule has 0 radical (unpaired) electrons. The molecule has 0 saturated carbocycles. The van der Waals surface area contributed by atoms with Gasteiger partial charge in [-0.25, -0.2) is 0 Å². The van der Waals surface area contributed by atoms with Crippen LogP contribution in [0.4, 0.5) is 0 Å². The zero-order valence-electron chi connectivity index (χ0n) is 16.8. The standard InChI is InChI=1S/C21H25N3O3S/c1-13(2)16-9-8-14(3)11-17(16)26-15(4)21(25)24(5)12-19-22-20(23-27-19)18-7-6-10-28-18/h6-11,13,15H,12H2,1-5H3/t15-/m1/s1. The fourth-order valence-corrected chi connectivity index (χ4v) is 3.53. The number of amides is 1. The van der Waals surface area contributed by atoms with Crippen LogP contribution in [0.15, 0.2) is 40.2 Å². The minimum absolute atomic E-state index is 0.146. The largest absolute Gasteiger partial charge is 0.481 e. The molecule has 0 fully saturated rings. The Hall–Kier alpha value is -2.67. The van der Waals surface area contributed by atoms with E-state index in [2.05, 4.69) is 36.1 Å². The fourth-order valence-electron chi connectivity index (χ4n) is 2.88. The van der Waals surface area contributed by atoms with Gasteiger partial charge in [-0.2, -0.15) is 4.98 Å². The highest BCUT2D eigenvalue weighted by atomic mass is 32.1. The zero-order chi connectivity index (χ0) is 20.3. The number of thiophene rings is 1. The van der Waals surface area contributed by atoms with Crippen LogP contribution < -0.4 is 4.74 Å². The van der Waals surface area contributed by atoms with Gasteiger partial charge in [-0.05, 0) is 48.4 Å². The number of carbonyl (C=O) groups is 1. The molecular weight excluding hydrogens is 374 g/mol. The molecule has 0 aliphatic carbocycles. The fraction of sp³-hybridized carbons (Fsp3) is 0.381. The molecule has 1 amide bonds. The number of ether oxygens (including phenoxy) is 1. The maximum absolute atomic E-state index is 12.8. The summed E-state index contributed by atoms with van der Waals surface area (Å²) in [6, 6.07) is 9.95. The molecule has 7 heteroatoms. The lowest BCUT2D eigenvalue weighted by Gasteiger charge is -2.23. The number of benzene rings is 1. The topological polar surface area (TPSA) is 68.5 Å². The van der Waals surface area contributed by atoms with Gasteiger partial charge in [-0.3, -0.25) is 4.79 Å². The van der Waals surface area contributed by atoms with E-state index < -0.39 is 6.10 Å². The Morgan fingerprint density at radius 3 is 2.75 bits per heavy atom. The molecule has 0 aliphatic heterocycles. The molecule has 148 valence electrons. The molecule has 1 aromatic carbocycles. The van der Waals surface area contributed by atoms with Crippen LogP contribution >= 0.6 is 11.3 Å². The summed E-state index contributed by atoms with van der Waals surface area (Å²) in [5.74, 6) is 1.85. The maximum atomic E-state index is 12.8. The second-order valence-electron chi connectivity index (χ2n) is 7.14. The smallest absolute Gasteiger partial charge is 0.263 e. The lowest BCUT2D eigenvalue weighted by Crippen LogP contribution is -2.37. The number of aryl methyl sites for hydroxylation is 1. The molecule has 0 saturated heterocycles. The van der Waals surface area contributed by atoms with Crippen molar-refractivity contribution < 1.29 is 14.1 Å². The summed E-state index contributed by atoms with van der Waals surface area (Å²) in [6.07, 6.45) is -0.621. The van der Waals surface area contributed by atoms with Gasteiger partial charge in [-0.1, -0.05) is 37.2 Å². The first-order valence-electron chi connectivity index (χ1n) is 9.23. The van der Waals surface area contributed by atoms with Crippen molar-refractivity contribution in [3.05, 3.63) is 52.7 Å². The van der Waals surface area contributed by atoms with Gasteiger partial charge in [0.1, 0.15) is 5.75 Å². The highest BCUT2D eigenvalue weighted by Crippen LogP contribution is 2.28. The van der Waals surface area contributed by atoms with Crippen LogP contribution in [0, 0.1) is 6.92 Å². The average molecular weight is 400 g/mol. The van der Waals surface area contributed by atoms with Gasteiger partial charge in [0.2, 0.25) is 11.7 Å². The van der Waals surface area contributed by atoms with Crippen LogP contribution in [0.3, 0.4) is 0 Å². The van der Waals surface area contributed by atoms with E-state index in [9.17, 15) is 4.79 Å². The molecule has 0 bridgehead atoms. The second-order valence-corrected chi connectivity index (χ2v) is 8.09. The van der Waals surface area contributed by atoms with E-state index in [-0.39, 0.29) is 12.5 Å². The van der Waals surface area contributed by atoms with Crippen molar-refractivity contribution in [2.45, 2.75) is 46.3 Å². The van der Waals surface area contributed by atoms with Gasteiger partial charge in [-0.15, -0.1) is 11.3 Å². The molecule has 1 atom stereocenters. The summed E-state index contributed by atoms with van der Waals surface area (Å²) < 4.78 is 11.3. The lowest BCUT2D eigenvalue weighted by molar-refractivity contribution is -0.137. The average Bonchev–Trinajstić information content (AvgIpc) is 3.32.